The highest BCUT2D eigenvalue weighted by atomic mass is 19.4. The highest BCUT2D eigenvalue weighted by Gasteiger charge is 2.38. The topological polar surface area (TPSA) is 96.6 Å². The lowest BCUT2D eigenvalue weighted by Gasteiger charge is -2.26. The van der Waals surface area contributed by atoms with Gasteiger partial charge < -0.3 is 25.0 Å². The fourth-order valence-electron chi connectivity index (χ4n) is 1.87. The number of carbonyl (C=O) groups is 1. The first kappa shape index (κ1) is 19.6. The van der Waals surface area contributed by atoms with Gasteiger partial charge in [0.2, 0.25) is 0 Å². The second-order valence-electron chi connectivity index (χ2n) is 5.41. The molecule has 26 heavy (non-hydrogen) atoms. The Labute approximate surface area is 147 Å². The fourth-order valence-corrected chi connectivity index (χ4v) is 1.87. The third kappa shape index (κ3) is 6.63. The monoisotopic (exact) mass is 373 g/mol. The molecule has 2 heterocycles. The van der Waals surface area contributed by atoms with Crippen LogP contribution in [-0.2, 0) is 11.3 Å². The van der Waals surface area contributed by atoms with Crippen molar-refractivity contribution in [2.75, 3.05) is 18.5 Å². The number of carboxylic acid groups (broad SMARTS) is 1. The van der Waals surface area contributed by atoms with Crippen molar-refractivity contribution >= 4 is 11.7 Å². The van der Waals surface area contributed by atoms with E-state index in [0.29, 0.717) is 25.1 Å². The zero-order valence-electron chi connectivity index (χ0n) is 13.6. The summed E-state index contributed by atoms with van der Waals surface area (Å²) < 4.78 is 42.4. The number of anilines is 1. The van der Waals surface area contributed by atoms with Gasteiger partial charge in [0.25, 0.3) is 0 Å². The largest absolute Gasteiger partial charge is 0.490 e. The first-order valence-electron chi connectivity index (χ1n) is 7.75. The van der Waals surface area contributed by atoms with Gasteiger partial charge in [-0.1, -0.05) is 23.4 Å². The Bertz CT molecular complexity index is 688. The zero-order chi connectivity index (χ0) is 19.0. The van der Waals surface area contributed by atoms with Gasteiger partial charge in [0.15, 0.2) is 0 Å². The van der Waals surface area contributed by atoms with E-state index in [1.807, 2.05) is 36.4 Å². The highest BCUT2D eigenvalue weighted by Crippen LogP contribution is 2.16. The maximum atomic E-state index is 10.6. The number of rotatable bonds is 6. The third-order valence-corrected chi connectivity index (χ3v) is 3.38. The summed E-state index contributed by atoms with van der Waals surface area (Å²) in [5, 5.41) is 17.6. The van der Waals surface area contributed by atoms with Crippen molar-refractivity contribution in [2.45, 2.75) is 25.2 Å². The smallest absolute Gasteiger partial charge is 0.475 e. The second kappa shape index (κ2) is 9.09. The van der Waals surface area contributed by atoms with Crippen LogP contribution in [0.5, 0.6) is 5.95 Å². The molecular formula is C16H18F3N3O4. The van der Waals surface area contributed by atoms with E-state index >= 15 is 0 Å². The summed E-state index contributed by atoms with van der Waals surface area (Å²) in [7, 11) is 0. The molecule has 2 aromatic rings. The molecule has 1 aromatic carbocycles. The van der Waals surface area contributed by atoms with E-state index in [-0.39, 0.29) is 0 Å². The molecule has 1 aromatic heterocycles. The van der Waals surface area contributed by atoms with Gasteiger partial charge in [-0.05, 0) is 25.1 Å². The van der Waals surface area contributed by atoms with Gasteiger partial charge in [0.1, 0.15) is 12.3 Å². The number of para-hydroxylation sites is 1. The summed E-state index contributed by atoms with van der Waals surface area (Å²) >= 11 is 0. The van der Waals surface area contributed by atoms with Crippen molar-refractivity contribution in [2.24, 2.45) is 0 Å². The van der Waals surface area contributed by atoms with Crippen molar-refractivity contribution < 1.29 is 32.3 Å². The van der Waals surface area contributed by atoms with Crippen molar-refractivity contribution in [3.8, 4) is 5.95 Å². The third-order valence-electron chi connectivity index (χ3n) is 3.38. The minimum absolute atomic E-state index is 0.455. The molecule has 1 atom stereocenters. The summed E-state index contributed by atoms with van der Waals surface area (Å²) in [5.41, 5.74) is 1.90. The number of nitrogens with one attached hydrogen (secondary N) is 2. The average molecular weight is 373 g/mol. The van der Waals surface area contributed by atoms with Crippen LogP contribution in [-0.4, -0.2) is 41.6 Å². The van der Waals surface area contributed by atoms with Crippen molar-refractivity contribution in [1.29, 1.82) is 0 Å². The molecule has 0 saturated carbocycles. The van der Waals surface area contributed by atoms with Crippen LogP contribution in [0.3, 0.4) is 0 Å². The summed E-state index contributed by atoms with van der Waals surface area (Å²) in [6.07, 6.45) is -3.92. The summed E-state index contributed by atoms with van der Waals surface area (Å²) in [6, 6.07) is 12.3. The van der Waals surface area contributed by atoms with Crippen molar-refractivity contribution in [3.63, 3.8) is 0 Å². The number of halogens is 3. The molecule has 0 spiro atoms. The van der Waals surface area contributed by atoms with Gasteiger partial charge in [-0.15, -0.1) is 0 Å². The van der Waals surface area contributed by atoms with Gasteiger partial charge in [0.05, 0.1) is 6.54 Å². The molecule has 3 N–H and O–H groups in total. The molecule has 0 amide bonds. The van der Waals surface area contributed by atoms with E-state index in [0.717, 1.165) is 24.3 Å². The second-order valence-corrected chi connectivity index (χ2v) is 5.41. The molecule has 1 fully saturated rings. The number of hydrogen-bond donors (Lipinski definition) is 3. The van der Waals surface area contributed by atoms with Crippen molar-refractivity contribution in [3.05, 3.63) is 42.1 Å². The normalized spacial score (nSPS) is 16.0. The molecule has 10 heteroatoms. The number of hydrogen-bond acceptors (Lipinski definition) is 6. The van der Waals surface area contributed by atoms with E-state index in [4.69, 9.17) is 19.2 Å². The number of benzene rings is 1. The Morgan fingerprint density at radius 1 is 1.38 bits per heavy atom. The first-order valence-corrected chi connectivity index (χ1v) is 7.75. The molecule has 1 aliphatic heterocycles. The van der Waals surface area contributed by atoms with Crippen LogP contribution in [0.15, 0.2) is 40.9 Å². The lowest BCUT2D eigenvalue weighted by molar-refractivity contribution is -0.192. The van der Waals surface area contributed by atoms with Crippen LogP contribution in [0.25, 0.3) is 0 Å². The van der Waals surface area contributed by atoms with E-state index in [2.05, 4.69) is 15.8 Å². The molecule has 7 nitrogen and oxygen atoms in total. The first-order chi connectivity index (χ1) is 12.3. The molecule has 0 radical (unpaired) electrons. The van der Waals surface area contributed by atoms with Gasteiger partial charge in [0, 0.05) is 17.8 Å². The van der Waals surface area contributed by atoms with Gasteiger partial charge in [-0.2, -0.15) is 13.2 Å². The highest BCUT2D eigenvalue weighted by molar-refractivity contribution is 5.73. The number of ether oxygens (including phenoxy) is 1. The molecule has 0 bridgehead atoms. The van der Waals surface area contributed by atoms with E-state index < -0.39 is 12.1 Å². The van der Waals surface area contributed by atoms with Crippen LogP contribution in [0.2, 0.25) is 0 Å². The maximum absolute atomic E-state index is 10.6. The molecule has 1 aliphatic rings. The summed E-state index contributed by atoms with van der Waals surface area (Å²) in [6.45, 7) is 2.34. The Balaban J connectivity index is 0.000000298. The SMILES string of the molecule is O=C(O)C(F)(F)F.c1ccc(NCc2cc(OC[C@@H]3CCN3)on2)cc1. The number of nitrogens with zero attached hydrogens (tertiary/aromatic N) is 1. The van der Waals surface area contributed by atoms with E-state index in [1.54, 1.807) is 0 Å². The minimum atomic E-state index is -5.08. The Morgan fingerprint density at radius 2 is 2.04 bits per heavy atom. The predicted molar refractivity (Wildman–Crippen MR) is 85.9 cm³/mol. The Kier molecular flexibility index (Phi) is 6.84. The molecule has 0 aliphatic carbocycles. The number of alkyl halides is 3. The fraction of sp³-hybridized carbons (Fsp3) is 0.375. The van der Waals surface area contributed by atoms with Gasteiger partial charge in [-0.25, -0.2) is 4.79 Å². The zero-order valence-corrected chi connectivity index (χ0v) is 13.6. The number of aliphatic carboxylic acids is 1. The van der Waals surface area contributed by atoms with E-state index in [1.165, 1.54) is 0 Å². The van der Waals surface area contributed by atoms with Gasteiger partial charge in [-0.3, -0.25) is 0 Å². The van der Waals surface area contributed by atoms with Crippen LogP contribution < -0.4 is 15.4 Å². The molecular weight excluding hydrogens is 355 g/mol. The van der Waals surface area contributed by atoms with Crippen molar-refractivity contribution in [1.82, 2.24) is 10.5 Å². The predicted octanol–water partition coefficient (Wildman–Crippen LogP) is 2.66. The molecule has 3 rings (SSSR count). The maximum Gasteiger partial charge on any atom is 0.490 e. The van der Waals surface area contributed by atoms with Crippen LogP contribution in [0, 0.1) is 0 Å². The minimum Gasteiger partial charge on any atom is -0.475 e. The Hall–Kier alpha value is -2.75. The van der Waals surface area contributed by atoms with Gasteiger partial charge >= 0.3 is 18.1 Å². The number of carboxylic acids is 1. The van der Waals surface area contributed by atoms with Crippen LogP contribution in [0.4, 0.5) is 18.9 Å². The summed E-state index contributed by atoms with van der Waals surface area (Å²) in [5.74, 6) is -2.27. The van der Waals surface area contributed by atoms with E-state index in [9.17, 15) is 13.2 Å². The lowest BCUT2D eigenvalue weighted by Crippen LogP contribution is -2.46. The Morgan fingerprint density at radius 3 is 2.58 bits per heavy atom. The summed E-state index contributed by atoms with van der Waals surface area (Å²) in [4.78, 5) is 8.90. The van der Waals surface area contributed by atoms with Crippen LogP contribution in [0.1, 0.15) is 12.1 Å². The lowest BCUT2D eigenvalue weighted by atomic mass is 10.1. The van der Waals surface area contributed by atoms with Crippen LogP contribution >= 0.6 is 0 Å². The standard InChI is InChI=1S/C14H17N3O2.C2HF3O2/c1-2-4-11(5-3-1)16-9-13-8-14(19-17-13)18-10-12-6-7-15-12;3-2(4,5)1(6)7/h1-5,8,12,15-16H,6-7,9-10H2;(H,6,7)/t12-;/m0./s1. The number of aromatic nitrogens is 1. The molecule has 1 saturated heterocycles. The quantitative estimate of drug-likeness (QED) is 0.716. The molecule has 142 valence electrons. The molecule has 0 unspecified atom stereocenters. The average Bonchev–Trinajstić information content (AvgIpc) is 3.00.